The van der Waals surface area contributed by atoms with E-state index >= 15 is 0 Å². The van der Waals surface area contributed by atoms with Gasteiger partial charge in [-0.25, -0.2) is 8.42 Å². The van der Waals surface area contributed by atoms with E-state index in [2.05, 4.69) is 4.42 Å². The maximum absolute atomic E-state index is 11.8. The van der Waals surface area contributed by atoms with E-state index in [9.17, 15) is 13.2 Å². The molecule has 1 heterocycles. The van der Waals surface area contributed by atoms with Gasteiger partial charge in [0.05, 0.1) is 12.3 Å². The molecule has 0 unspecified atom stereocenters. The highest BCUT2D eigenvalue weighted by atomic mass is 32.3. The van der Waals surface area contributed by atoms with Crippen molar-refractivity contribution in [1.82, 2.24) is 0 Å². The molecule has 0 aliphatic carbocycles. The van der Waals surface area contributed by atoms with Crippen LogP contribution in [-0.2, 0) is 16.6 Å². The Kier molecular flexibility index (Phi) is 4.65. The van der Waals surface area contributed by atoms with E-state index in [0.717, 1.165) is 12.3 Å². The Morgan fingerprint density at radius 3 is 2.12 bits per heavy atom. The lowest BCUT2D eigenvalue weighted by molar-refractivity contribution is -0.177. The van der Waals surface area contributed by atoms with Gasteiger partial charge in [0.2, 0.25) is 21.5 Å². The summed E-state index contributed by atoms with van der Waals surface area (Å²) in [5, 5.41) is 5.13. The van der Waals surface area contributed by atoms with Crippen LogP contribution in [0.15, 0.2) is 22.8 Å². The molecule has 0 spiro atoms. The van der Waals surface area contributed by atoms with Gasteiger partial charge in [-0.2, -0.15) is 13.2 Å². The molecule has 0 aliphatic heterocycles. The molecule has 0 aromatic carbocycles. The van der Waals surface area contributed by atoms with Crippen molar-refractivity contribution in [2.75, 3.05) is 0 Å². The Labute approximate surface area is 87.4 Å². The Hall–Kier alpha value is -1.39. The zero-order chi connectivity index (χ0) is 13.0. The molecule has 92 valence electrons. The van der Waals surface area contributed by atoms with Crippen molar-refractivity contribution >= 4 is 10.4 Å². The predicted molar refractivity (Wildman–Crippen MR) is 41.1 cm³/mol. The minimum Gasteiger partial charge on any atom is -0.726 e. The van der Waals surface area contributed by atoms with Crippen molar-refractivity contribution in [3.05, 3.63) is 29.5 Å². The quantitative estimate of drug-likeness (QED) is 0.457. The second-order valence-corrected chi connectivity index (χ2v) is 3.21. The fourth-order valence-corrected chi connectivity index (χ4v) is 0.568. The third-order valence-electron chi connectivity index (χ3n) is 1.03. The first-order valence-electron chi connectivity index (χ1n) is 3.43. The lowest BCUT2D eigenvalue weighted by Crippen LogP contribution is -2.44. The summed E-state index contributed by atoms with van der Waals surface area (Å²) in [6.07, 6.45) is -3.56. The monoisotopic (exact) mass is 261 g/mol. The van der Waals surface area contributed by atoms with Crippen molar-refractivity contribution in [3.63, 3.8) is 0 Å². The zero-order valence-electron chi connectivity index (χ0n) is 7.43. The van der Waals surface area contributed by atoms with Gasteiger partial charge in [0.25, 0.3) is 0 Å². The number of hydrogen-bond acceptors (Lipinski definition) is 4. The summed E-state index contributed by atoms with van der Waals surface area (Å²) in [4.78, 5) is 0. The minimum atomic E-state index is -4.92. The van der Waals surface area contributed by atoms with E-state index < -0.39 is 22.3 Å². The van der Waals surface area contributed by atoms with Crippen LogP contribution in [0.2, 0.25) is 0 Å². The lowest BCUT2D eigenvalue weighted by Gasteiger charge is -2.01. The summed E-state index contributed by atoms with van der Waals surface area (Å²) >= 11 is 0. The summed E-state index contributed by atoms with van der Waals surface area (Å²) < 4.78 is 72.5. The fourth-order valence-electron chi connectivity index (χ4n) is 0.568. The molecule has 0 saturated heterocycles. The Morgan fingerprint density at radius 2 is 1.88 bits per heavy atom. The highest BCUT2D eigenvalue weighted by Crippen LogP contribution is 2.27. The van der Waals surface area contributed by atoms with E-state index in [0.29, 0.717) is 0 Å². The first kappa shape index (κ1) is 14.6. The van der Waals surface area contributed by atoms with Gasteiger partial charge < -0.3 is 8.97 Å². The second-order valence-electron chi connectivity index (χ2n) is 2.35. The van der Waals surface area contributed by atoms with Crippen molar-refractivity contribution < 1.29 is 40.5 Å². The van der Waals surface area contributed by atoms with E-state index in [4.69, 9.17) is 22.9 Å². The van der Waals surface area contributed by atoms with Gasteiger partial charge in [0, 0.05) is 6.07 Å². The zero-order valence-corrected chi connectivity index (χ0v) is 8.25. The molecule has 3 N–H and O–H groups in total. The molecule has 0 fully saturated rings. The molecule has 0 amide bonds. The summed E-state index contributed by atoms with van der Waals surface area (Å²) in [6.45, 7) is 0. The van der Waals surface area contributed by atoms with Gasteiger partial charge >= 0.3 is 6.18 Å². The van der Waals surface area contributed by atoms with Gasteiger partial charge in [-0.05, 0) is 0 Å². The largest absolute Gasteiger partial charge is 0.726 e. The van der Waals surface area contributed by atoms with E-state index in [1.807, 2.05) is 0 Å². The van der Waals surface area contributed by atoms with Crippen LogP contribution in [-0.4, -0.2) is 17.5 Å². The van der Waals surface area contributed by atoms with Gasteiger partial charge in [-0.15, -0.1) is 0 Å². The third-order valence-corrected chi connectivity index (χ3v) is 1.03. The van der Waals surface area contributed by atoms with Crippen LogP contribution in [0.1, 0.15) is 5.76 Å². The topological polar surface area (TPSA) is 116 Å². The predicted octanol–water partition coefficient (Wildman–Crippen LogP) is -1.04. The number of alkyl halides is 3. The normalized spacial score (nSPS) is 11.6. The van der Waals surface area contributed by atoms with Crippen LogP contribution in [0, 0.1) is 0 Å². The Bertz CT molecular complexity index is 483. The average molecular weight is 261 g/mol. The lowest BCUT2D eigenvalue weighted by atomic mass is 10.4. The van der Waals surface area contributed by atoms with Crippen molar-refractivity contribution in [1.29, 1.82) is 0 Å². The maximum Gasteiger partial charge on any atom is 0.449 e. The Balaban J connectivity index is 0.000000385. The second kappa shape index (κ2) is 5.09. The molecule has 0 bridgehead atoms. The first-order valence-corrected chi connectivity index (χ1v) is 4.79. The number of hydrogen-bond donors (Lipinski definition) is 2. The summed E-state index contributed by atoms with van der Waals surface area (Å²) in [5.74, 6) is -1.09. The summed E-state index contributed by atoms with van der Waals surface area (Å²) in [7, 11) is -4.92. The van der Waals surface area contributed by atoms with E-state index in [1.54, 1.807) is 0 Å². The van der Waals surface area contributed by atoms with Crippen LogP contribution in [0.5, 0.6) is 0 Å². The fraction of sp³-hybridized carbons (Fsp3) is 0.167. The van der Waals surface area contributed by atoms with Crippen LogP contribution >= 0.6 is 0 Å². The van der Waals surface area contributed by atoms with Crippen molar-refractivity contribution in [2.24, 2.45) is 0 Å². The van der Waals surface area contributed by atoms with Crippen LogP contribution in [0.3, 0.4) is 0 Å². The molecule has 6 nitrogen and oxygen atoms in total. The molecule has 0 saturated carbocycles. The number of nitrogens with two attached hydrogens (primary N) is 1. The smallest absolute Gasteiger partial charge is 0.449 e. The van der Waals surface area contributed by atoms with Crippen LogP contribution in [0.4, 0.5) is 13.2 Å². The highest BCUT2D eigenvalue weighted by molar-refractivity contribution is 7.79. The standard InChI is InChI=1S/C6H4F3NO.H2O4S/c7-6(8,9)5-3-4(10)1-2-11-5;1-5(2,3)4/h1-3,10H;(H2,1,2,3,4). The molecular weight excluding hydrogens is 255 g/mol. The van der Waals surface area contributed by atoms with Gasteiger partial charge in [-0.3, -0.25) is 9.96 Å². The molecule has 16 heavy (non-hydrogen) atoms. The molecule has 1 rings (SSSR count). The number of halogens is 3. The first-order chi connectivity index (χ1) is 7.00. The molecule has 0 radical (unpaired) electrons. The maximum atomic E-state index is 11.8. The molecular formula is C6H6F3NO5S. The summed E-state index contributed by atoms with van der Waals surface area (Å²) in [6, 6.07) is 1.98. The van der Waals surface area contributed by atoms with E-state index in [1.165, 1.54) is 6.07 Å². The van der Waals surface area contributed by atoms with Gasteiger partial charge in [0.15, 0.2) is 0 Å². The SMILES string of the molecule is O=S(=O)([O-])O.[NH2+]=c1ccoc(C(F)(F)F)c1. The summed E-state index contributed by atoms with van der Waals surface area (Å²) in [5.41, 5.74) is 0. The minimum absolute atomic E-state index is 0.0311. The van der Waals surface area contributed by atoms with E-state index in [-0.39, 0.29) is 5.36 Å². The number of rotatable bonds is 0. The van der Waals surface area contributed by atoms with Gasteiger partial charge in [0.1, 0.15) is 0 Å². The van der Waals surface area contributed by atoms with Crippen LogP contribution in [0.25, 0.3) is 0 Å². The third kappa shape index (κ3) is 7.96. The molecule has 1 aromatic rings. The Morgan fingerprint density at radius 1 is 1.44 bits per heavy atom. The van der Waals surface area contributed by atoms with Gasteiger partial charge in [-0.1, -0.05) is 0 Å². The molecule has 1 aromatic heterocycles. The van der Waals surface area contributed by atoms with Crippen molar-refractivity contribution in [3.8, 4) is 0 Å². The molecule has 0 atom stereocenters. The average Bonchev–Trinajstić information content (AvgIpc) is 1.99. The van der Waals surface area contributed by atoms with Crippen LogP contribution < -0.4 is 10.8 Å². The highest BCUT2D eigenvalue weighted by Gasteiger charge is 2.34. The molecule has 0 aliphatic rings. The van der Waals surface area contributed by atoms with Crippen molar-refractivity contribution in [2.45, 2.75) is 6.18 Å². The molecule has 10 heteroatoms.